The molecule has 39 heavy (non-hydrogen) atoms. The Morgan fingerprint density at radius 3 is 2.38 bits per heavy atom. The van der Waals surface area contributed by atoms with Gasteiger partial charge in [0.2, 0.25) is 0 Å². The minimum atomic E-state index is -0.334. The van der Waals surface area contributed by atoms with Gasteiger partial charge in [0, 0.05) is 11.8 Å². The monoisotopic (exact) mass is 535 g/mol. The number of aromatic nitrogens is 3. The summed E-state index contributed by atoms with van der Waals surface area (Å²) < 4.78 is 4.15. The van der Waals surface area contributed by atoms with E-state index in [-0.39, 0.29) is 12.1 Å². The molecule has 0 saturated carbocycles. The fourth-order valence-electron chi connectivity index (χ4n) is 5.31. The fraction of sp³-hybridized carbons (Fsp3) is 0.188. The number of nitrogens with one attached hydrogen (secondary N) is 1. The third-order valence-corrected chi connectivity index (χ3v) is 7.71. The SMILES string of the molecule is Cc1nn(-c2ccccc2)c2c1CN(C(=O)Nc1ccccc1Cl)[C@H](c1ccc(C(C)C)cc1)c1cccn1-2. The Labute approximate surface area is 233 Å². The number of fused-ring (bicyclic) bond motifs is 3. The van der Waals surface area contributed by atoms with Gasteiger partial charge in [0.25, 0.3) is 0 Å². The number of hydrogen-bond acceptors (Lipinski definition) is 2. The molecule has 0 radical (unpaired) electrons. The van der Waals surface area contributed by atoms with Crippen LogP contribution in [-0.2, 0) is 6.54 Å². The lowest BCUT2D eigenvalue weighted by Crippen LogP contribution is -2.38. The molecule has 1 aliphatic rings. The van der Waals surface area contributed by atoms with Gasteiger partial charge in [-0.3, -0.25) is 0 Å². The van der Waals surface area contributed by atoms with E-state index in [0.717, 1.165) is 34.0 Å². The van der Waals surface area contributed by atoms with E-state index in [9.17, 15) is 4.79 Å². The van der Waals surface area contributed by atoms with Gasteiger partial charge < -0.3 is 14.8 Å². The molecule has 7 heteroatoms. The van der Waals surface area contributed by atoms with Crippen LogP contribution < -0.4 is 5.32 Å². The summed E-state index contributed by atoms with van der Waals surface area (Å²) in [6, 6.07) is 29.6. The second-order valence-corrected chi connectivity index (χ2v) is 10.6. The van der Waals surface area contributed by atoms with E-state index in [0.29, 0.717) is 23.2 Å². The van der Waals surface area contributed by atoms with E-state index in [1.165, 1.54) is 5.56 Å². The van der Waals surface area contributed by atoms with Crippen LogP contribution in [0.15, 0.2) is 97.2 Å². The second kappa shape index (κ2) is 10.1. The molecule has 0 unspecified atom stereocenters. The molecule has 3 heterocycles. The molecule has 1 aliphatic heterocycles. The molecule has 2 amide bonds. The molecule has 3 aromatic carbocycles. The highest BCUT2D eigenvalue weighted by molar-refractivity contribution is 6.33. The van der Waals surface area contributed by atoms with E-state index in [1.54, 1.807) is 6.07 Å². The molecule has 0 saturated heterocycles. The van der Waals surface area contributed by atoms with Crippen LogP contribution in [0.3, 0.4) is 0 Å². The minimum absolute atomic E-state index is 0.228. The van der Waals surface area contributed by atoms with Crippen molar-refractivity contribution in [1.82, 2.24) is 19.2 Å². The van der Waals surface area contributed by atoms with Crippen molar-refractivity contribution in [3.05, 3.63) is 130 Å². The lowest BCUT2D eigenvalue weighted by Gasteiger charge is -2.31. The zero-order valence-corrected chi connectivity index (χ0v) is 22.9. The summed E-state index contributed by atoms with van der Waals surface area (Å²) in [6.07, 6.45) is 2.06. The first-order valence-electron chi connectivity index (χ1n) is 13.2. The topological polar surface area (TPSA) is 55.1 Å². The Kier molecular flexibility index (Phi) is 6.49. The summed E-state index contributed by atoms with van der Waals surface area (Å²) in [5.74, 6) is 1.36. The highest BCUT2D eigenvalue weighted by atomic mass is 35.5. The van der Waals surface area contributed by atoms with Gasteiger partial charge in [0.1, 0.15) is 5.82 Å². The van der Waals surface area contributed by atoms with Crippen molar-refractivity contribution in [2.75, 3.05) is 5.32 Å². The van der Waals surface area contributed by atoms with Crippen LogP contribution >= 0.6 is 11.6 Å². The van der Waals surface area contributed by atoms with Crippen molar-refractivity contribution in [2.45, 2.75) is 39.3 Å². The molecule has 2 aromatic heterocycles. The highest BCUT2D eigenvalue weighted by Crippen LogP contribution is 2.39. The van der Waals surface area contributed by atoms with Crippen molar-refractivity contribution in [3.63, 3.8) is 0 Å². The first-order chi connectivity index (χ1) is 18.9. The number of benzene rings is 3. The van der Waals surface area contributed by atoms with E-state index < -0.39 is 0 Å². The predicted octanol–water partition coefficient (Wildman–Crippen LogP) is 7.89. The number of para-hydroxylation sites is 2. The van der Waals surface area contributed by atoms with Crippen LogP contribution in [0.2, 0.25) is 5.02 Å². The largest absolute Gasteiger partial charge is 0.323 e. The van der Waals surface area contributed by atoms with Crippen LogP contribution in [0.1, 0.15) is 53.9 Å². The van der Waals surface area contributed by atoms with E-state index in [2.05, 4.69) is 60.3 Å². The molecule has 0 aliphatic carbocycles. The first-order valence-corrected chi connectivity index (χ1v) is 13.5. The van der Waals surface area contributed by atoms with Crippen LogP contribution in [0.25, 0.3) is 11.5 Å². The van der Waals surface area contributed by atoms with Gasteiger partial charge >= 0.3 is 6.03 Å². The number of hydrogen-bond donors (Lipinski definition) is 1. The number of carbonyl (C=O) groups excluding carboxylic acids is 1. The zero-order valence-electron chi connectivity index (χ0n) is 22.2. The number of rotatable bonds is 4. The molecule has 0 fully saturated rings. The van der Waals surface area contributed by atoms with Gasteiger partial charge in [-0.2, -0.15) is 5.10 Å². The molecule has 0 spiro atoms. The average molecular weight is 536 g/mol. The highest BCUT2D eigenvalue weighted by Gasteiger charge is 2.36. The standard InChI is InChI=1S/C32H30ClN5O/c1-21(2)23-15-17-24(18-16-23)30-29-14-9-19-36(29)31-26(22(3)35-38(31)25-10-5-4-6-11-25)20-37(30)32(39)34-28-13-8-7-12-27(28)33/h4-19,21,30H,20H2,1-3H3,(H,34,39)/t30-/m1/s1. The molecule has 6 nitrogen and oxygen atoms in total. The smallest absolute Gasteiger partial charge is 0.307 e. The number of carbonyl (C=O) groups is 1. The van der Waals surface area contributed by atoms with Crippen LogP contribution in [0.4, 0.5) is 10.5 Å². The quantitative estimate of drug-likeness (QED) is 0.254. The van der Waals surface area contributed by atoms with Gasteiger partial charge in [-0.25, -0.2) is 9.48 Å². The molecule has 5 aromatic rings. The van der Waals surface area contributed by atoms with Gasteiger partial charge in [-0.1, -0.05) is 80.0 Å². The Balaban J connectivity index is 1.53. The predicted molar refractivity (Wildman–Crippen MR) is 156 cm³/mol. The lowest BCUT2D eigenvalue weighted by molar-refractivity contribution is 0.194. The van der Waals surface area contributed by atoms with Gasteiger partial charge in [0.05, 0.1) is 40.4 Å². The van der Waals surface area contributed by atoms with E-state index >= 15 is 0 Å². The molecular formula is C32H30ClN5O. The number of urea groups is 1. The summed E-state index contributed by atoms with van der Waals surface area (Å²) in [7, 11) is 0. The molecule has 0 bridgehead atoms. The molecule has 1 atom stereocenters. The second-order valence-electron chi connectivity index (χ2n) is 10.2. The third kappa shape index (κ3) is 4.51. The maximum absolute atomic E-state index is 14.1. The summed E-state index contributed by atoms with van der Waals surface area (Å²) in [4.78, 5) is 16.0. The maximum Gasteiger partial charge on any atom is 0.323 e. The molecule has 196 valence electrons. The molecular weight excluding hydrogens is 506 g/mol. The van der Waals surface area contributed by atoms with Crippen molar-refractivity contribution in [1.29, 1.82) is 0 Å². The minimum Gasteiger partial charge on any atom is -0.307 e. The van der Waals surface area contributed by atoms with Crippen LogP contribution in [0, 0.1) is 6.92 Å². The average Bonchev–Trinajstić information content (AvgIpc) is 3.51. The molecule has 1 N–H and O–H groups in total. The first kappa shape index (κ1) is 25.0. The van der Waals surface area contributed by atoms with Crippen LogP contribution in [-0.4, -0.2) is 25.3 Å². The normalized spacial score (nSPS) is 14.6. The Bertz CT molecular complexity index is 1640. The Hall–Kier alpha value is -4.29. The van der Waals surface area contributed by atoms with Crippen LogP contribution in [0.5, 0.6) is 0 Å². The van der Waals surface area contributed by atoms with Gasteiger partial charge in [0.15, 0.2) is 0 Å². The third-order valence-electron chi connectivity index (χ3n) is 7.38. The van der Waals surface area contributed by atoms with Gasteiger partial charge in [-0.15, -0.1) is 0 Å². The zero-order chi connectivity index (χ0) is 27.1. The maximum atomic E-state index is 14.1. The van der Waals surface area contributed by atoms with Gasteiger partial charge in [-0.05, 0) is 60.4 Å². The van der Waals surface area contributed by atoms with Crippen molar-refractivity contribution in [3.8, 4) is 11.5 Å². The molecule has 6 rings (SSSR count). The summed E-state index contributed by atoms with van der Waals surface area (Å²) in [5, 5.41) is 8.48. The summed E-state index contributed by atoms with van der Waals surface area (Å²) >= 11 is 6.43. The van der Waals surface area contributed by atoms with E-state index in [4.69, 9.17) is 16.7 Å². The number of amides is 2. The van der Waals surface area contributed by atoms with Crippen molar-refractivity contribution in [2.24, 2.45) is 0 Å². The number of aryl methyl sites for hydroxylation is 1. The Morgan fingerprint density at radius 1 is 0.949 bits per heavy atom. The summed E-state index contributed by atoms with van der Waals surface area (Å²) in [5.41, 5.74) is 6.69. The van der Waals surface area contributed by atoms with E-state index in [1.807, 2.05) is 71.1 Å². The summed E-state index contributed by atoms with van der Waals surface area (Å²) in [6.45, 7) is 6.75. The van der Waals surface area contributed by atoms with Crippen molar-refractivity contribution >= 4 is 23.3 Å². The fourth-order valence-corrected chi connectivity index (χ4v) is 5.50. The number of halogens is 1. The number of anilines is 1. The number of nitrogens with zero attached hydrogens (tertiary/aromatic N) is 4. The lowest BCUT2D eigenvalue weighted by atomic mass is 9.97. The van der Waals surface area contributed by atoms with Crippen molar-refractivity contribution < 1.29 is 4.79 Å². The Morgan fingerprint density at radius 2 is 1.67 bits per heavy atom.